The molecule has 2 aromatic heterocycles. The summed E-state index contributed by atoms with van der Waals surface area (Å²) in [6.45, 7) is 0. The molecule has 5 nitrogen and oxygen atoms in total. The van der Waals surface area contributed by atoms with Gasteiger partial charge in [0.1, 0.15) is 16.4 Å². The zero-order valence-corrected chi connectivity index (χ0v) is 15.2. The molecule has 0 saturated heterocycles. The first-order valence-corrected chi connectivity index (χ1v) is 9.15. The molecule has 0 radical (unpaired) electrons. The molecular weight excluding hydrogens is 379 g/mol. The number of ketones is 1. The van der Waals surface area contributed by atoms with Crippen molar-refractivity contribution >= 4 is 28.2 Å². The van der Waals surface area contributed by atoms with E-state index in [1.807, 2.05) is 6.07 Å². The van der Waals surface area contributed by atoms with E-state index in [0.29, 0.717) is 27.5 Å². The third kappa shape index (κ3) is 3.60. The first-order chi connectivity index (χ1) is 13.6. The Balaban J connectivity index is 1.70. The van der Waals surface area contributed by atoms with Crippen LogP contribution >= 0.6 is 11.3 Å². The molecule has 0 atom stereocenters. The van der Waals surface area contributed by atoms with Gasteiger partial charge in [0, 0.05) is 11.1 Å². The molecule has 1 amide bonds. The van der Waals surface area contributed by atoms with E-state index in [2.05, 4.69) is 10.3 Å². The summed E-state index contributed by atoms with van der Waals surface area (Å²) in [4.78, 5) is 30.0. The molecule has 0 fully saturated rings. The van der Waals surface area contributed by atoms with E-state index < -0.39 is 5.82 Å². The average molecular weight is 392 g/mol. The Morgan fingerprint density at radius 1 is 0.929 bits per heavy atom. The molecule has 0 bridgehead atoms. The number of nitrogens with zero attached hydrogens (tertiary/aromatic N) is 1. The predicted molar refractivity (Wildman–Crippen MR) is 104 cm³/mol. The maximum atomic E-state index is 13.2. The molecule has 1 N–H and O–H groups in total. The van der Waals surface area contributed by atoms with Crippen molar-refractivity contribution in [2.45, 2.75) is 0 Å². The third-order valence-electron chi connectivity index (χ3n) is 3.95. The van der Waals surface area contributed by atoms with Crippen molar-refractivity contribution in [3.8, 4) is 11.5 Å². The average Bonchev–Trinajstić information content (AvgIpc) is 3.38. The second-order valence-corrected chi connectivity index (χ2v) is 6.83. The molecule has 0 spiro atoms. The number of halogens is 1. The number of carbonyl (C=O) groups is 2. The van der Waals surface area contributed by atoms with Gasteiger partial charge in [0.2, 0.25) is 5.78 Å². The number of amides is 1. The van der Waals surface area contributed by atoms with E-state index in [4.69, 9.17) is 4.42 Å². The van der Waals surface area contributed by atoms with Crippen LogP contribution in [0.2, 0.25) is 0 Å². The summed E-state index contributed by atoms with van der Waals surface area (Å²) in [5.74, 6) is -0.685. The van der Waals surface area contributed by atoms with Gasteiger partial charge in [0.05, 0.1) is 6.26 Å². The van der Waals surface area contributed by atoms with E-state index in [9.17, 15) is 14.0 Å². The number of hydrogen-bond donors (Lipinski definition) is 1. The van der Waals surface area contributed by atoms with Gasteiger partial charge in [0.25, 0.3) is 5.91 Å². The minimum atomic E-state index is -0.428. The Hall–Kier alpha value is -3.58. The van der Waals surface area contributed by atoms with Crippen LogP contribution in [-0.4, -0.2) is 16.7 Å². The van der Waals surface area contributed by atoms with Gasteiger partial charge in [-0.3, -0.25) is 14.9 Å². The van der Waals surface area contributed by atoms with Crippen molar-refractivity contribution in [2.75, 3.05) is 5.32 Å². The fourth-order valence-electron chi connectivity index (χ4n) is 2.60. The van der Waals surface area contributed by atoms with E-state index in [0.717, 1.165) is 11.3 Å². The molecule has 4 rings (SSSR count). The first kappa shape index (κ1) is 17.8. The number of anilines is 1. The number of nitrogens with one attached hydrogen (secondary N) is 1. The van der Waals surface area contributed by atoms with Gasteiger partial charge in [0.15, 0.2) is 10.9 Å². The van der Waals surface area contributed by atoms with E-state index in [-0.39, 0.29) is 16.8 Å². The molecule has 2 heterocycles. The lowest BCUT2D eigenvalue weighted by atomic mass is 10.1. The highest BCUT2D eigenvalue weighted by Gasteiger charge is 2.23. The van der Waals surface area contributed by atoms with E-state index in [1.54, 1.807) is 36.4 Å². The maximum absolute atomic E-state index is 13.2. The van der Waals surface area contributed by atoms with Gasteiger partial charge < -0.3 is 4.42 Å². The minimum Gasteiger partial charge on any atom is -0.463 e. The van der Waals surface area contributed by atoms with Crippen LogP contribution in [-0.2, 0) is 0 Å². The molecule has 0 aliphatic rings. The highest BCUT2D eigenvalue weighted by Crippen LogP contribution is 2.33. The van der Waals surface area contributed by atoms with Crippen LogP contribution in [0.1, 0.15) is 25.6 Å². The Kier molecular flexibility index (Phi) is 4.82. The van der Waals surface area contributed by atoms with Crippen LogP contribution < -0.4 is 5.32 Å². The normalized spacial score (nSPS) is 10.6. The first-order valence-electron chi connectivity index (χ1n) is 8.33. The van der Waals surface area contributed by atoms with Gasteiger partial charge in [-0.05, 0) is 48.5 Å². The molecule has 7 heteroatoms. The Labute approximate surface area is 163 Å². The fraction of sp³-hybridized carbons (Fsp3) is 0. The van der Waals surface area contributed by atoms with Crippen LogP contribution in [0.3, 0.4) is 0 Å². The zero-order valence-electron chi connectivity index (χ0n) is 14.4. The molecule has 0 saturated carbocycles. The lowest BCUT2D eigenvalue weighted by molar-refractivity contribution is 0.102. The topological polar surface area (TPSA) is 72.2 Å². The van der Waals surface area contributed by atoms with Gasteiger partial charge in [-0.25, -0.2) is 9.37 Å². The number of furan rings is 1. The molecule has 0 aliphatic carbocycles. The Bertz CT molecular complexity index is 1120. The lowest BCUT2D eigenvalue weighted by Crippen LogP contribution is -2.11. The van der Waals surface area contributed by atoms with Crippen LogP contribution in [0, 0.1) is 5.82 Å². The van der Waals surface area contributed by atoms with Gasteiger partial charge in [-0.2, -0.15) is 0 Å². The highest BCUT2D eigenvalue weighted by atomic mass is 32.1. The van der Waals surface area contributed by atoms with Gasteiger partial charge in [-0.15, -0.1) is 0 Å². The molecule has 2 aromatic carbocycles. The summed E-state index contributed by atoms with van der Waals surface area (Å²) in [6.07, 6.45) is 1.48. The van der Waals surface area contributed by atoms with Crippen LogP contribution in [0.4, 0.5) is 9.52 Å². The summed E-state index contributed by atoms with van der Waals surface area (Å²) in [6, 6.07) is 17.3. The number of benzene rings is 2. The quantitative estimate of drug-likeness (QED) is 0.484. The minimum absolute atomic E-state index is 0.269. The van der Waals surface area contributed by atoms with E-state index in [1.165, 1.54) is 30.5 Å². The number of aromatic nitrogens is 1. The second kappa shape index (κ2) is 7.58. The number of carbonyl (C=O) groups excluding carboxylic acids is 2. The summed E-state index contributed by atoms with van der Waals surface area (Å²) < 4.78 is 18.6. The Morgan fingerprint density at radius 2 is 1.68 bits per heavy atom. The summed E-state index contributed by atoms with van der Waals surface area (Å²) in [5.41, 5.74) is 1.12. The van der Waals surface area contributed by atoms with E-state index >= 15 is 0 Å². The molecule has 0 unspecified atom stereocenters. The van der Waals surface area contributed by atoms with Gasteiger partial charge >= 0.3 is 0 Å². The zero-order chi connectivity index (χ0) is 19.5. The third-order valence-corrected chi connectivity index (χ3v) is 4.92. The van der Waals surface area contributed by atoms with Crippen LogP contribution in [0.25, 0.3) is 11.5 Å². The van der Waals surface area contributed by atoms with Crippen molar-refractivity contribution < 1.29 is 18.4 Å². The van der Waals surface area contributed by atoms with Gasteiger partial charge in [-0.1, -0.05) is 29.5 Å². The van der Waals surface area contributed by atoms with Crippen LogP contribution in [0.5, 0.6) is 0 Å². The maximum Gasteiger partial charge on any atom is 0.257 e. The molecule has 4 aromatic rings. The fourth-order valence-corrected chi connectivity index (χ4v) is 3.53. The summed E-state index contributed by atoms with van der Waals surface area (Å²) >= 11 is 1.04. The van der Waals surface area contributed by atoms with Crippen molar-refractivity contribution in [1.29, 1.82) is 0 Å². The molecule has 0 aliphatic heterocycles. The van der Waals surface area contributed by atoms with Crippen molar-refractivity contribution in [3.05, 3.63) is 94.8 Å². The predicted octanol–water partition coefficient (Wildman–Crippen LogP) is 5.03. The standard InChI is InChI=1S/C21H13FN2O3S/c22-15-10-8-13(9-11-15)18(25)19-17(16-7-4-12-27-16)23-21(28-19)24-20(26)14-5-2-1-3-6-14/h1-12H,(H,23,24,26). The van der Waals surface area contributed by atoms with Crippen molar-refractivity contribution in [3.63, 3.8) is 0 Å². The highest BCUT2D eigenvalue weighted by molar-refractivity contribution is 7.18. The second-order valence-electron chi connectivity index (χ2n) is 5.83. The monoisotopic (exact) mass is 392 g/mol. The summed E-state index contributed by atoms with van der Waals surface area (Å²) in [7, 11) is 0. The number of hydrogen-bond acceptors (Lipinski definition) is 5. The lowest BCUT2D eigenvalue weighted by Gasteiger charge is -2.00. The molecule has 138 valence electrons. The molecule has 28 heavy (non-hydrogen) atoms. The van der Waals surface area contributed by atoms with Crippen molar-refractivity contribution in [2.24, 2.45) is 0 Å². The largest absolute Gasteiger partial charge is 0.463 e. The molecular formula is C21H13FN2O3S. The Morgan fingerprint density at radius 3 is 2.36 bits per heavy atom. The van der Waals surface area contributed by atoms with Crippen LogP contribution in [0.15, 0.2) is 77.4 Å². The number of thiazole rings is 1. The SMILES string of the molecule is O=C(Nc1nc(-c2ccco2)c(C(=O)c2ccc(F)cc2)s1)c1ccccc1. The van der Waals surface area contributed by atoms with Crippen molar-refractivity contribution in [1.82, 2.24) is 4.98 Å². The number of rotatable bonds is 5. The summed E-state index contributed by atoms with van der Waals surface area (Å²) in [5, 5.41) is 2.98. The smallest absolute Gasteiger partial charge is 0.257 e.